The molecule has 1 rings (SSSR count). The monoisotopic (exact) mass is 349 g/mol. The number of hydrogen-bond donors (Lipinski definition) is 0. The molecule has 102 valence electrons. The molecule has 0 aromatic heterocycles. The van der Waals surface area contributed by atoms with Gasteiger partial charge in [0.15, 0.2) is 0 Å². The fourth-order valence-corrected chi connectivity index (χ4v) is 3.87. The Bertz CT molecular complexity index is 409. The Kier molecular flexibility index (Phi) is 7.15. The summed E-state index contributed by atoms with van der Waals surface area (Å²) in [5.41, 5.74) is 0. The highest BCUT2D eigenvalue weighted by atomic mass is 35.7. The molecule has 1 aromatic rings. The van der Waals surface area contributed by atoms with Crippen LogP contribution in [0.15, 0.2) is 24.3 Å². The van der Waals surface area contributed by atoms with E-state index in [1.807, 2.05) is 0 Å². The van der Waals surface area contributed by atoms with Gasteiger partial charge in [0.05, 0.1) is 0 Å². The van der Waals surface area contributed by atoms with Crippen molar-refractivity contribution in [3.05, 3.63) is 29.3 Å². The molecule has 1 atom stereocenters. The Morgan fingerprint density at radius 2 is 1.61 bits per heavy atom. The third kappa shape index (κ3) is 5.16. The standard InChI is InChI=1S/C10H12Cl4NO2P/c11-5-7-15(8-6-12)18(14,16)17-10-3-1-9(13)2-4-10/h1-4H,5-8H2. The maximum atomic E-state index is 12.3. The minimum Gasteiger partial charge on any atom is -0.422 e. The van der Waals surface area contributed by atoms with E-state index in [-0.39, 0.29) is 11.8 Å². The summed E-state index contributed by atoms with van der Waals surface area (Å²) in [7, 11) is 0. The average molecular weight is 351 g/mol. The lowest BCUT2D eigenvalue weighted by molar-refractivity contribution is 0.389. The maximum absolute atomic E-state index is 12.3. The summed E-state index contributed by atoms with van der Waals surface area (Å²) in [5, 5.41) is 0.560. The van der Waals surface area contributed by atoms with E-state index in [2.05, 4.69) is 0 Å². The van der Waals surface area contributed by atoms with Crippen molar-refractivity contribution in [2.75, 3.05) is 24.8 Å². The number of rotatable bonds is 7. The largest absolute Gasteiger partial charge is 0.422 e. The van der Waals surface area contributed by atoms with Crippen molar-refractivity contribution < 1.29 is 9.09 Å². The fraction of sp³-hybridized carbons (Fsp3) is 0.400. The van der Waals surface area contributed by atoms with E-state index in [0.717, 1.165) is 0 Å². The molecule has 3 nitrogen and oxygen atoms in total. The first-order chi connectivity index (χ1) is 8.49. The Balaban J connectivity index is 2.77. The van der Waals surface area contributed by atoms with Gasteiger partial charge in [-0.05, 0) is 24.3 Å². The molecule has 0 spiro atoms. The third-order valence-electron chi connectivity index (χ3n) is 2.05. The Morgan fingerprint density at radius 3 is 2.06 bits per heavy atom. The zero-order valence-electron chi connectivity index (χ0n) is 9.36. The molecule has 18 heavy (non-hydrogen) atoms. The summed E-state index contributed by atoms with van der Waals surface area (Å²) in [6.07, 6.45) is 0. The molecule has 0 aliphatic rings. The third-order valence-corrected chi connectivity index (χ3v) is 5.00. The number of alkyl halides is 2. The maximum Gasteiger partial charge on any atom is 0.411 e. The second kappa shape index (κ2) is 7.84. The van der Waals surface area contributed by atoms with E-state index in [1.54, 1.807) is 24.3 Å². The zero-order valence-corrected chi connectivity index (χ0v) is 13.3. The van der Waals surface area contributed by atoms with Crippen LogP contribution in [-0.2, 0) is 4.57 Å². The molecule has 1 aromatic carbocycles. The van der Waals surface area contributed by atoms with Gasteiger partial charge in [0.1, 0.15) is 5.75 Å². The van der Waals surface area contributed by atoms with Crippen LogP contribution in [-0.4, -0.2) is 29.5 Å². The van der Waals surface area contributed by atoms with Crippen LogP contribution in [0.3, 0.4) is 0 Å². The highest BCUT2D eigenvalue weighted by Gasteiger charge is 2.30. The summed E-state index contributed by atoms with van der Waals surface area (Å²) in [6.45, 7) is -2.81. The van der Waals surface area contributed by atoms with Crippen LogP contribution in [0.25, 0.3) is 0 Å². The van der Waals surface area contributed by atoms with E-state index < -0.39 is 6.87 Å². The minimum absolute atomic E-state index is 0.289. The highest BCUT2D eigenvalue weighted by molar-refractivity contribution is 7.83. The van der Waals surface area contributed by atoms with Crippen LogP contribution >= 0.6 is 52.9 Å². The van der Waals surface area contributed by atoms with Gasteiger partial charge in [-0.3, -0.25) is 0 Å². The van der Waals surface area contributed by atoms with Gasteiger partial charge in [-0.25, -0.2) is 9.24 Å². The van der Waals surface area contributed by atoms with E-state index >= 15 is 0 Å². The first-order valence-corrected chi connectivity index (χ1v) is 9.05. The van der Waals surface area contributed by atoms with Gasteiger partial charge < -0.3 is 4.52 Å². The minimum atomic E-state index is -3.48. The van der Waals surface area contributed by atoms with Crippen molar-refractivity contribution >= 4 is 52.9 Å². The molecule has 0 saturated heterocycles. The zero-order chi connectivity index (χ0) is 13.6. The van der Waals surface area contributed by atoms with Crippen molar-refractivity contribution in [1.82, 2.24) is 4.67 Å². The summed E-state index contributed by atoms with van der Waals surface area (Å²) < 4.78 is 19.0. The molecule has 0 amide bonds. The lowest BCUT2D eigenvalue weighted by Crippen LogP contribution is -2.25. The van der Waals surface area contributed by atoms with Crippen molar-refractivity contribution in [1.29, 1.82) is 0 Å². The summed E-state index contributed by atoms with van der Waals surface area (Å²) in [6, 6.07) is 6.44. The molecule has 0 aliphatic carbocycles. The molecular weight excluding hydrogens is 339 g/mol. The van der Waals surface area contributed by atoms with Crippen LogP contribution in [0, 0.1) is 0 Å². The van der Waals surface area contributed by atoms with Crippen LogP contribution in [0.4, 0.5) is 0 Å². The van der Waals surface area contributed by atoms with Gasteiger partial charge in [0.2, 0.25) is 0 Å². The normalized spacial score (nSPS) is 14.5. The van der Waals surface area contributed by atoms with Gasteiger partial charge >= 0.3 is 6.87 Å². The predicted molar refractivity (Wildman–Crippen MR) is 78.6 cm³/mol. The quantitative estimate of drug-likeness (QED) is 0.520. The van der Waals surface area contributed by atoms with Crippen LogP contribution in [0.1, 0.15) is 0 Å². The van der Waals surface area contributed by atoms with Crippen LogP contribution in [0.2, 0.25) is 5.02 Å². The van der Waals surface area contributed by atoms with Gasteiger partial charge in [-0.1, -0.05) is 11.6 Å². The second-order valence-corrected chi connectivity index (χ2v) is 7.45. The molecule has 0 fully saturated rings. The van der Waals surface area contributed by atoms with Crippen molar-refractivity contribution in [2.45, 2.75) is 0 Å². The fourth-order valence-electron chi connectivity index (χ4n) is 1.23. The Hall–Kier alpha value is 0.370. The lowest BCUT2D eigenvalue weighted by atomic mass is 10.3. The molecule has 0 saturated carbocycles. The lowest BCUT2D eigenvalue weighted by Gasteiger charge is -2.25. The molecule has 0 radical (unpaired) electrons. The number of hydrogen-bond acceptors (Lipinski definition) is 2. The van der Waals surface area contributed by atoms with E-state index in [9.17, 15) is 4.57 Å². The summed E-state index contributed by atoms with van der Waals surface area (Å²) in [5.74, 6) is 0.960. The van der Waals surface area contributed by atoms with Crippen LogP contribution < -0.4 is 4.52 Å². The van der Waals surface area contributed by atoms with Gasteiger partial charge in [0, 0.05) is 41.1 Å². The van der Waals surface area contributed by atoms with Crippen molar-refractivity contribution in [3.63, 3.8) is 0 Å². The number of benzene rings is 1. The molecule has 8 heteroatoms. The molecular formula is C10H12Cl4NO2P. The Morgan fingerprint density at radius 1 is 1.11 bits per heavy atom. The second-order valence-electron chi connectivity index (χ2n) is 3.33. The molecule has 1 unspecified atom stereocenters. The van der Waals surface area contributed by atoms with Gasteiger partial charge in [-0.2, -0.15) is 0 Å². The van der Waals surface area contributed by atoms with E-state index in [0.29, 0.717) is 23.9 Å². The van der Waals surface area contributed by atoms with Crippen molar-refractivity contribution in [3.8, 4) is 5.75 Å². The first-order valence-electron chi connectivity index (χ1n) is 5.12. The average Bonchev–Trinajstić information content (AvgIpc) is 2.32. The summed E-state index contributed by atoms with van der Waals surface area (Å²) in [4.78, 5) is 0. The Labute approximate surface area is 126 Å². The smallest absolute Gasteiger partial charge is 0.411 e. The van der Waals surface area contributed by atoms with Gasteiger partial charge in [0.25, 0.3) is 0 Å². The molecule has 0 N–H and O–H groups in total. The van der Waals surface area contributed by atoms with Gasteiger partial charge in [-0.15, -0.1) is 23.2 Å². The highest BCUT2D eigenvalue weighted by Crippen LogP contribution is 2.55. The first kappa shape index (κ1) is 16.4. The summed E-state index contributed by atoms with van der Waals surface area (Å²) >= 11 is 22.9. The van der Waals surface area contributed by atoms with E-state index in [4.69, 9.17) is 50.6 Å². The SMILES string of the molecule is O=P(Cl)(Oc1ccc(Cl)cc1)N(CCCl)CCCl. The molecule has 0 heterocycles. The topological polar surface area (TPSA) is 29.5 Å². The van der Waals surface area contributed by atoms with Crippen molar-refractivity contribution in [2.24, 2.45) is 0 Å². The molecule has 0 bridgehead atoms. The molecule has 0 aliphatic heterocycles. The van der Waals surface area contributed by atoms with Crippen LogP contribution in [0.5, 0.6) is 5.75 Å². The number of nitrogens with zero attached hydrogens (tertiary/aromatic N) is 1. The predicted octanol–water partition coefficient (Wildman–Crippen LogP) is 4.85. The number of halogens is 4. The van der Waals surface area contributed by atoms with E-state index in [1.165, 1.54) is 4.67 Å².